The predicted octanol–water partition coefficient (Wildman–Crippen LogP) is 3.22. The first-order valence-electron chi connectivity index (χ1n) is 9.75. The van der Waals surface area contributed by atoms with Crippen molar-refractivity contribution in [3.8, 4) is 5.75 Å². The number of anilines is 2. The average Bonchev–Trinajstić information content (AvgIpc) is 2.80. The molecule has 0 aliphatic carbocycles. The standard InChI is InChI=1S/C23H22N4O5S/c1-16(28)25-19-12-10-17(11-13-19)15-24-26-23(29)18-6-5-7-20(14-18)33(30,31)27-21-8-3-4-9-22(21)32-2/h3-15,27H,1-2H3,(H,25,28)(H,26,29). The summed E-state index contributed by atoms with van der Waals surface area (Å²) >= 11 is 0. The summed E-state index contributed by atoms with van der Waals surface area (Å²) in [6, 6.07) is 19.0. The molecular formula is C23H22N4O5S. The summed E-state index contributed by atoms with van der Waals surface area (Å²) in [6.07, 6.45) is 1.43. The highest BCUT2D eigenvalue weighted by Gasteiger charge is 2.18. The number of amides is 2. The van der Waals surface area contributed by atoms with Crippen molar-refractivity contribution in [2.45, 2.75) is 11.8 Å². The summed E-state index contributed by atoms with van der Waals surface area (Å²) in [6.45, 7) is 1.42. The van der Waals surface area contributed by atoms with E-state index in [2.05, 4.69) is 20.6 Å². The molecule has 0 saturated carbocycles. The van der Waals surface area contributed by atoms with Gasteiger partial charge in [-0.25, -0.2) is 13.8 Å². The van der Waals surface area contributed by atoms with Crippen LogP contribution in [-0.2, 0) is 14.8 Å². The van der Waals surface area contributed by atoms with Gasteiger partial charge in [0.25, 0.3) is 15.9 Å². The van der Waals surface area contributed by atoms with Gasteiger partial charge in [0, 0.05) is 18.2 Å². The number of nitrogens with one attached hydrogen (secondary N) is 3. The molecule has 0 bridgehead atoms. The van der Waals surface area contributed by atoms with Gasteiger partial charge in [-0.05, 0) is 48.0 Å². The zero-order valence-electron chi connectivity index (χ0n) is 17.9. The Hall–Kier alpha value is -4.18. The third-order valence-electron chi connectivity index (χ3n) is 4.37. The Morgan fingerprint density at radius 2 is 1.70 bits per heavy atom. The largest absolute Gasteiger partial charge is 0.495 e. The zero-order valence-corrected chi connectivity index (χ0v) is 18.7. The van der Waals surface area contributed by atoms with E-state index in [4.69, 9.17) is 4.74 Å². The van der Waals surface area contributed by atoms with Crippen molar-refractivity contribution >= 4 is 39.4 Å². The summed E-state index contributed by atoms with van der Waals surface area (Å²) in [7, 11) is -2.52. The van der Waals surface area contributed by atoms with Crippen molar-refractivity contribution in [3.63, 3.8) is 0 Å². The second-order valence-electron chi connectivity index (χ2n) is 6.84. The molecule has 0 atom stereocenters. The zero-order chi connectivity index (χ0) is 23.8. The lowest BCUT2D eigenvalue weighted by atomic mass is 10.2. The number of methoxy groups -OCH3 is 1. The van der Waals surface area contributed by atoms with E-state index in [1.165, 1.54) is 44.5 Å². The van der Waals surface area contributed by atoms with Crippen molar-refractivity contribution in [2.24, 2.45) is 5.10 Å². The average molecular weight is 467 g/mol. The van der Waals surface area contributed by atoms with E-state index in [0.717, 1.165) is 0 Å². The van der Waals surface area contributed by atoms with E-state index in [0.29, 0.717) is 17.0 Å². The number of hydrazone groups is 1. The van der Waals surface area contributed by atoms with E-state index in [-0.39, 0.29) is 22.1 Å². The molecule has 0 spiro atoms. The molecule has 10 heteroatoms. The van der Waals surface area contributed by atoms with Crippen LogP contribution >= 0.6 is 0 Å². The predicted molar refractivity (Wildman–Crippen MR) is 126 cm³/mol. The lowest BCUT2D eigenvalue weighted by Gasteiger charge is -2.12. The van der Waals surface area contributed by atoms with Gasteiger partial charge in [0.15, 0.2) is 0 Å². The molecule has 0 heterocycles. The van der Waals surface area contributed by atoms with Gasteiger partial charge in [-0.3, -0.25) is 14.3 Å². The summed E-state index contributed by atoms with van der Waals surface area (Å²) in [4.78, 5) is 23.4. The molecule has 3 aromatic rings. The van der Waals surface area contributed by atoms with Gasteiger partial charge in [-0.2, -0.15) is 5.10 Å². The van der Waals surface area contributed by atoms with Gasteiger partial charge in [0.1, 0.15) is 5.75 Å². The van der Waals surface area contributed by atoms with Crippen LogP contribution in [0.2, 0.25) is 0 Å². The Kier molecular flexibility index (Phi) is 7.42. The number of carbonyl (C=O) groups excluding carboxylic acids is 2. The monoisotopic (exact) mass is 466 g/mol. The second kappa shape index (κ2) is 10.4. The summed E-state index contributed by atoms with van der Waals surface area (Å²) in [5.41, 5.74) is 4.11. The highest BCUT2D eigenvalue weighted by Crippen LogP contribution is 2.26. The topological polar surface area (TPSA) is 126 Å². The van der Waals surface area contributed by atoms with E-state index in [9.17, 15) is 18.0 Å². The molecule has 3 N–H and O–H groups in total. The molecule has 170 valence electrons. The number of hydrogen-bond acceptors (Lipinski definition) is 6. The van der Waals surface area contributed by atoms with Crippen LogP contribution in [0.25, 0.3) is 0 Å². The number of nitrogens with zero attached hydrogens (tertiary/aromatic N) is 1. The minimum atomic E-state index is -3.96. The van der Waals surface area contributed by atoms with Gasteiger partial charge < -0.3 is 10.1 Å². The minimum absolute atomic E-state index is 0.0846. The fourth-order valence-electron chi connectivity index (χ4n) is 2.82. The Morgan fingerprint density at radius 3 is 2.39 bits per heavy atom. The first-order valence-corrected chi connectivity index (χ1v) is 11.2. The van der Waals surface area contributed by atoms with E-state index in [1.54, 1.807) is 48.5 Å². The van der Waals surface area contributed by atoms with E-state index in [1.807, 2.05) is 0 Å². The van der Waals surface area contributed by atoms with Gasteiger partial charge in [-0.1, -0.05) is 30.3 Å². The molecule has 0 unspecified atom stereocenters. The molecule has 3 aromatic carbocycles. The van der Waals surface area contributed by atoms with Crippen LogP contribution in [-0.4, -0.2) is 33.6 Å². The molecule has 0 radical (unpaired) electrons. The van der Waals surface area contributed by atoms with Crippen molar-refractivity contribution < 1.29 is 22.7 Å². The smallest absolute Gasteiger partial charge is 0.271 e. The van der Waals surface area contributed by atoms with Gasteiger partial charge >= 0.3 is 0 Å². The number of rotatable bonds is 8. The quantitative estimate of drug-likeness (QED) is 0.347. The Bertz CT molecular complexity index is 1290. The van der Waals surface area contributed by atoms with Crippen LogP contribution in [0.15, 0.2) is 82.8 Å². The number of ether oxygens (including phenoxy) is 1. The van der Waals surface area contributed by atoms with E-state index >= 15 is 0 Å². The maximum atomic E-state index is 12.8. The van der Waals surface area contributed by atoms with Crippen LogP contribution in [0.1, 0.15) is 22.8 Å². The molecule has 0 aliphatic rings. The normalized spacial score (nSPS) is 11.1. The number of carbonyl (C=O) groups is 2. The van der Waals surface area contributed by atoms with Crippen LogP contribution in [0.3, 0.4) is 0 Å². The lowest BCUT2D eigenvalue weighted by Crippen LogP contribution is -2.19. The summed E-state index contributed by atoms with van der Waals surface area (Å²) < 4.78 is 33.2. The van der Waals surface area contributed by atoms with Crippen LogP contribution < -0.4 is 20.2 Å². The van der Waals surface area contributed by atoms with E-state index < -0.39 is 15.9 Å². The Labute approximate surface area is 191 Å². The first kappa shape index (κ1) is 23.5. The van der Waals surface area contributed by atoms with Crippen molar-refractivity contribution in [3.05, 3.63) is 83.9 Å². The fraction of sp³-hybridized carbons (Fsp3) is 0.0870. The summed E-state index contributed by atoms with van der Waals surface area (Å²) in [5.74, 6) is -0.379. The lowest BCUT2D eigenvalue weighted by molar-refractivity contribution is -0.114. The Morgan fingerprint density at radius 1 is 0.970 bits per heavy atom. The molecule has 0 saturated heterocycles. The molecule has 3 rings (SSSR count). The highest BCUT2D eigenvalue weighted by atomic mass is 32.2. The number of hydrogen-bond donors (Lipinski definition) is 3. The number of sulfonamides is 1. The second-order valence-corrected chi connectivity index (χ2v) is 8.52. The first-order chi connectivity index (χ1) is 15.8. The maximum absolute atomic E-state index is 12.8. The molecular weight excluding hydrogens is 444 g/mol. The molecule has 9 nitrogen and oxygen atoms in total. The molecule has 33 heavy (non-hydrogen) atoms. The molecule has 0 fully saturated rings. The number of benzene rings is 3. The molecule has 0 aliphatic heterocycles. The van der Waals surface area contributed by atoms with Gasteiger partial charge in [-0.15, -0.1) is 0 Å². The maximum Gasteiger partial charge on any atom is 0.271 e. The SMILES string of the molecule is COc1ccccc1NS(=O)(=O)c1cccc(C(=O)NN=Cc2ccc(NC(C)=O)cc2)c1. The third-order valence-corrected chi connectivity index (χ3v) is 5.73. The van der Waals surface area contributed by atoms with Crippen molar-refractivity contribution in [2.75, 3.05) is 17.1 Å². The summed E-state index contributed by atoms with van der Waals surface area (Å²) in [5, 5.41) is 6.55. The molecule has 0 aromatic heterocycles. The van der Waals surface area contributed by atoms with Crippen LogP contribution in [0, 0.1) is 0 Å². The molecule has 2 amide bonds. The van der Waals surface area contributed by atoms with Crippen LogP contribution in [0.4, 0.5) is 11.4 Å². The van der Waals surface area contributed by atoms with Gasteiger partial charge in [0.2, 0.25) is 5.91 Å². The van der Waals surface area contributed by atoms with Gasteiger partial charge in [0.05, 0.1) is 23.9 Å². The highest BCUT2D eigenvalue weighted by molar-refractivity contribution is 7.92. The minimum Gasteiger partial charge on any atom is -0.495 e. The number of para-hydroxylation sites is 2. The van der Waals surface area contributed by atoms with Crippen molar-refractivity contribution in [1.29, 1.82) is 0 Å². The Balaban J connectivity index is 1.69. The third kappa shape index (κ3) is 6.40. The van der Waals surface area contributed by atoms with Crippen molar-refractivity contribution in [1.82, 2.24) is 5.43 Å². The fourth-order valence-corrected chi connectivity index (χ4v) is 3.94. The van der Waals surface area contributed by atoms with Crippen LogP contribution in [0.5, 0.6) is 5.75 Å².